The van der Waals surface area contributed by atoms with Crippen molar-refractivity contribution >= 4 is 11.5 Å². The summed E-state index contributed by atoms with van der Waals surface area (Å²) < 4.78 is 0. The van der Waals surface area contributed by atoms with Crippen LogP contribution in [0.25, 0.3) is 11.3 Å². The second-order valence-electron chi connectivity index (χ2n) is 4.16. The third-order valence-electron chi connectivity index (χ3n) is 2.77. The Labute approximate surface area is 110 Å². The lowest BCUT2D eigenvalue weighted by Gasteiger charge is -2.05. The molecule has 1 aromatic heterocycles. The molecular weight excluding hydrogens is 244 g/mol. The Hall–Kier alpha value is -2.50. The van der Waals surface area contributed by atoms with E-state index in [1.54, 1.807) is 6.07 Å². The Morgan fingerprint density at radius 3 is 2.84 bits per heavy atom. The summed E-state index contributed by atoms with van der Waals surface area (Å²) in [7, 11) is 0. The number of aromatic nitrogens is 2. The molecule has 2 rings (SSSR count). The quantitative estimate of drug-likeness (QED) is 0.671. The number of nitrogens with two attached hydrogens (primary N) is 1. The number of nitro groups is 1. The van der Waals surface area contributed by atoms with E-state index in [0.29, 0.717) is 5.56 Å². The summed E-state index contributed by atoms with van der Waals surface area (Å²) in [5, 5.41) is 11.1. The van der Waals surface area contributed by atoms with E-state index in [1.807, 2.05) is 18.2 Å². The molecule has 0 saturated carbocycles. The normalized spacial score (nSPS) is 10.4. The molecule has 0 saturated heterocycles. The molecule has 0 aliphatic heterocycles. The van der Waals surface area contributed by atoms with E-state index < -0.39 is 4.92 Å². The predicted octanol–water partition coefficient (Wildman–Crippen LogP) is 2.59. The summed E-state index contributed by atoms with van der Waals surface area (Å²) in [5.74, 6) is -0.115. The van der Waals surface area contributed by atoms with E-state index in [9.17, 15) is 10.1 Å². The van der Waals surface area contributed by atoms with Crippen molar-refractivity contribution in [1.82, 2.24) is 9.97 Å². The van der Waals surface area contributed by atoms with Gasteiger partial charge < -0.3 is 5.73 Å². The molecule has 0 aliphatic rings. The van der Waals surface area contributed by atoms with Crippen molar-refractivity contribution < 1.29 is 4.92 Å². The summed E-state index contributed by atoms with van der Waals surface area (Å²) >= 11 is 0. The fraction of sp³-hybridized carbons (Fsp3) is 0.231. The first-order chi connectivity index (χ1) is 9.13. The monoisotopic (exact) mass is 258 g/mol. The van der Waals surface area contributed by atoms with Crippen molar-refractivity contribution in [2.45, 2.75) is 19.8 Å². The second kappa shape index (κ2) is 5.43. The van der Waals surface area contributed by atoms with Crippen LogP contribution >= 0.6 is 0 Å². The summed E-state index contributed by atoms with van der Waals surface area (Å²) in [5.41, 5.74) is 7.39. The van der Waals surface area contributed by atoms with Gasteiger partial charge in [0.1, 0.15) is 6.33 Å². The molecule has 0 unspecified atom stereocenters. The van der Waals surface area contributed by atoms with Gasteiger partial charge >= 0.3 is 5.69 Å². The van der Waals surface area contributed by atoms with Gasteiger partial charge in [-0.05, 0) is 18.1 Å². The van der Waals surface area contributed by atoms with E-state index in [1.165, 1.54) is 6.33 Å². The van der Waals surface area contributed by atoms with E-state index in [0.717, 1.165) is 18.4 Å². The van der Waals surface area contributed by atoms with Gasteiger partial charge in [-0.1, -0.05) is 31.5 Å². The molecule has 0 amide bonds. The largest absolute Gasteiger partial charge is 0.378 e. The van der Waals surface area contributed by atoms with E-state index in [2.05, 4.69) is 16.9 Å². The minimum atomic E-state index is -0.544. The average molecular weight is 258 g/mol. The molecule has 0 radical (unpaired) electrons. The van der Waals surface area contributed by atoms with Gasteiger partial charge in [0.2, 0.25) is 5.82 Å². The maximum absolute atomic E-state index is 11.1. The van der Waals surface area contributed by atoms with Gasteiger partial charge in [0, 0.05) is 5.56 Å². The zero-order valence-corrected chi connectivity index (χ0v) is 10.5. The molecule has 6 heteroatoms. The molecule has 6 nitrogen and oxygen atoms in total. The molecule has 0 fully saturated rings. The Kier molecular flexibility index (Phi) is 3.70. The van der Waals surface area contributed by atoms with Gasteiger partial charge in [0.15, 0.2) is 5.69 Å². The Bertz CT molecular complexity index is 613. The van der Waals surface area contributed by atoms with Gasteiger partial charge in [-0.2, -0.15) is 0 Å². The van der Waals surface area contributed by atoms with Crippen molar-refractivity contribution in [3.63, 3.8) is 0 Å². The van der Waals surface area contributed by atoms with Crippen molar-refractivity contribution in [2.75, 3.05) is 5.73 Å². The summed E-state index contributed by atoms with van der Waals surface area (Å²) in [6.45, 7) is 2.08. The lowest BCUT2D eigenvalue weighted by Crippen LogP contribution is -2.02. The highest BCUT2D eigenvalue weighted by atomic mass is 16.6. The van der Waals surface area contributed by atoms with Crippen molar-refractivity contribution in [3.05, 3.63) is 46.3 Å². The Morgan fingerprint density at radius 2 is 2.16 bits per heavy atom. The van der Waals surface area contributed by atoms with Crippen molar-refractivity contribution in [2.24, 2.45) is 0 Å². The van der Waals surface area contributed by atoms with Crippen LogP contribution in [-0.4, -0.2) is 14.9 Å². The van der Waals surface area contributed by atoms with Gasteiger partial charge in [0.25, 0.3) is 0 Å². The Balaban J connectivity index is 2.55. The van der Waals surface area contributed by atoms with E-state index in [-0.39, 0.29) is 17.2 Å². The molecule has 2 aromatic rings. The first-order valence-corrected chi connectivity index (χ1v) is 5.97. The van der Waals surface area contributed by atoms with Crippen molar-refractivity contribution in [1.29, 1.82) is 0 Å². The first kappa shape index (κ1) is 12.9. The molecule has 1 heterocycles. The number of nitrogen functional groups attached to an aromatic ring is 1. The Morgan fingerprint density at radius 1 is 1.37 bits per heavy atom. The number of hydrogen-bond acceptors (Lipinski definition) is 5. The topological polar surface area (TPSA) is 94.9 Å². The average Bonchev–Trinajstić information content (AvgIpc) is 2.38. The zero-order valence-electron chi connectivity index (χ0n) is 10.5. The highest BCUT2D eigenvalue weighted by molar-refractivity contribution is 5.75. The minimum absolute atomic E-state index is 0.115. The highest BCUT2D eigenvalue weighted by Gasteiger charge is 2.21. The maximum atomic E-state index is 11.1. The fourth-order valence-corrected chi connectivity index (χ4v) is 1.95. The van der Waals surface area contributed by atoms with Gasteiger partial charge in [0.05, 0.1) is 4.92 Å². The summed E-state index contributed by atoms with van der Waals surface area (Å²) in [6.07, 6.45) is 3.17. The van der Waals surface area contributed by atoms with Crippen LogP contribution in [0.4, 0.5) is 11.5 Å². The second-order valence-corrected chi connectivity index (χ2v) is 4.16. The van der Waals surface area contributed by atoms with Crippen LogP contribution in [0.15, 0.2) is 30.6 Å². The lowest BCUT2D eigenvalue weighted by atomic mass is 10.0. The SMILES string of the molecule is CCCc1cccc(-c2ncnc(N)c2[N+](=O)[O-])c1. The third kappa shape index (κ3) is 2.67. The minimum Gasteiger partial charge on any atom is -0.378 e. The smallest absolute Gasteiger partial charge is 0.337 e. The molecule has 1 aromatic carbocycles. The number of benzene rings is 1. The van der Waals surface area contributed by atoms with Crippen LogP contribution in [-0.2, 0) is 6.42 Å². The predicted molar refractivity (Wildman–Crippen MR) is 72.5 cm³/mol. The standard InChI is InChI=1S/C13H14N4O2/c1-2-4-9-5-3-6-10(7-9)11-12(17(18)19)13(14)16-8-15-11/h3,5-8H,2,4H2,1H3,(H2,14,15,16). The number of hydrogen-bond donors (Lipinski definition) is 1. The molecule has 0 bridgehead atoms. The summed E-state index contributed by atoms with van der Waals surface area (Å²) in [6, 6.07) is 7.54. The summed E-state index contributed by atoms with van der Waals surface area (Å²) in [4.78, 5) is 18.2. The molecule has 0 atom stereocenters. The van der Waals surface area contributed by atoms with Crippen LogP contribution in [0, 0.1) is 10.1 Å². The fourth-order valence-electron chi connectivity index (χ4n) is 1.95. The zero-order chi connectivity index (χ0) is 13.8. The molecule has 2 N–H and O–H groups in total. The number of aryl methyl sites for hydroxylation is 1. The first-order valence-electron chi connectivity index (χ1n) is 5.97. The number of nitrogens with zero attached hydrogens (tertiary/aromatic N) is 3. The van der Waals surface area contributed by atoms with E-state index >= 15 is 0 Å². The van der Waals surface area contributed by atoms with Crippen LogP contribution in [0.3, 0.4) is 0 Å². The molecule has 0 spiro atoms. The molecule has 98 valence electrons. The third-order valence-corrected chi connectivity index (χ3v) is 2.77. The number of anilines is 1. The lowest BCUT2D eigenvalue weighted by molar-refractivity contribution is -0.383. The van der Waals surface area contributed by atoms with Gasteiger partial charge in [-0.25, -0.2) is 9.97 Å². The number of rotatable bonds is 4. The maximum Gasteiger partial charge on any atom is 0.337 e. The molecular formula is C13H14N4O2. The van der Waals surface area contributed by atoms with E-state index in [4.69, 9.17) is 5.73 Å². The van der Waals surface area contributed by atoms with Gasteiger partial charge in [-0.15, -0.1) is 0 Å². The van der Waals surface area contributed by atoms with Crippen LogP contribution < -0.4 is 5.73 Å². The van der Waals surface area contributed by atoms with Crippen LogP contribution in [0.5, 0.6) is 0 Å². The van der Waals surface area contributed by atoms with Crippen LogP contribution in [0.2, 0.25) is 0 Å². The molecule has 0 aliphatic carbocycles. The van der Waals surface area contributed by atoms with Crippen LogP contribution in [0.1, 0.15) is 18.9 Å². The van der Waals surface area contributed by atoms with Gasteiger partial charge in [-0.3, -0.25) is 10.1 Å². The van der Waals surface area contributed by atoms with Crippen molar-refractivity contribution in [3.8, 4) is 11.3 Å². The molecule has 19 heavy (non-hydrogen) atoms. The highest BCUT2D eigenvalue weighted by Crippen LogP contribution is 2.31.